The largest absolute Gasteiger partial charge is 0.379 e. The second-order valence-electron chi connectivity index (χ2n) is 7.99. The molecule has 2 aromatic carbocycles. The van der Waals surface area contributed by atoms with E-state index in [2.05, 4.69) is 28.2 Å². The third-order valence-electron chi connectivity index (χ3n) is 5.77. The van der Waals surface area contributed by atoms with Crippen molar-refractivity contribution in [1.29, 1.82) is 0 Å². The van der Waals surface area contributed by atoms with E-state index >= 15 is 0 Å². The van der Waals surface area contributed by atoms with E-state index in [1.54, 1.807) is 0 Å². The summed E-state index contributed by atoms with van der Waals surface area (Å²) < 4.78 is 7.34. The molecule has 1 saturated heterocycles. The average molecular weight is 419 g/mol. The number of benzene rings is 2. The van der Waals surface area contributed by atoms with Gasteiger partial charge in [-0.2, -0.15) is 5.10 Å². The molecule has 4 rings (SSSR count). The van der Waals surface area contributed by atoms with Crippen molar-refractivity contribution >= 4 is 5.91 Å². The van der Waals surface area contributed by atoms with E-state index in [9.17, 15) is 4.79 Å². The predicted molar refractivity (Wildman–Crippen MR) is 122 cm³/mol. The van der Waals surface area contributed by atoms with Gasteiger partial charge in [-0.3, -0.25) is 14.4 Å². The highest BCUT2D eigenvalue weighted by Crippen LogP contribution is 2.25. The molecule has 1 aromatic heterocycles. The Morgan fingerprint density at radius 1 is 1.06 bits per heavy atom. The summed E-state index contributed by atoms with van der Waals surface area (Å²) in [6.45, 7) is 7.34. The van der Waals surface area contributed by atoms with Gasteiger partial charge in [0.25, 0.3) is 5.91 Å². The van der Waals surface area contributed by atoms with Gasteiger partial charge in [0.05, 0.1) is 31.1 Å². The van der Waals surface area contributed by atoms with Gasteiger partial charge in [0.1, 0.15) is 0 Å². The molecule has 0 unspecified atom stereocenters. The number of aromatic nitrogens is 2. The first-order valence-corrected chi connectivity index (χ1v) is 10.8. The summed E-state index contributed by atoms with van der Waals surface area (Å²) in [7, 11) is 1.94. The molecule has 1 aliphatic rings. The van der Waals surface area contributed by atoms with E-state index in [-0.39, 0.29) is 5.91 Å². The van der Waals surface area contributed by atoms with Gasteiger partial charge < -0.3 is 9.64 Å². The fourth-order valence-electron chi connectivity index (χ4n) is 4.06. The normalized spacial score (nSPS) is 14.5. The lowest BCUT2D eigenvalue weighted by molar-refractivity contribution is 0.0319. The summed E-state index contributed by atoms with van der Waals surface area (Å²) in [6.07, 6.45) is 0. The maximum absolute atomic E-state index is 13.8. The molecule has 6 nitrogen and oxygen atoms in total. The zero-order valence-electron chi connectivity index (χ0n) is 18.3. The van der Waals surface area contributed by atoms with Crippen molar-refractivity contribution < 1.29 is 9.53 Å². The highest BCUT2D eigenvalue weighted by atomic mass is 16.5. The van der Waals surface area contributed by atoms with Crippen LogP contribution in [0.25, 0.3) is 11.1 Å². The zero-order valence-corrected chi connectivity index (χ0v) is 18.3. The molecule has 0 radical (unpaired) electrons. The number of hydrogen-bond acceptors (Lipinski definition) is 4. The molecule has 6 heteroatoms. The maximum Gasteiger partial charge on any atom is 0.254 e. The Hall–Kier alpha value is -2.96. The lowest BCUT2D eigenvalue weighted by atomic mass is 9.99. The van der Waals surface area contributed by atoms with E-state index in [0.717, 1.165) is 60.9 Å². The third kappa shape index (κ3) is 5.21. The molecule has 1 amide bonds. The molecule has 162 valence electrons. The number of carbonyl (C=O) groups excluding carboxylic acids is 1. The van der Waals surface area contributed by atoms with Crippen LogP contribution in [0.5, 0.6) is 0 Å². The van der Waals surface area contributed by atoms with Crippen LogP contribution in [0.4, 0.5) is 0 Å². The van der Waals surface area contributed by atoms with Crippen LogP contribution in [-0.2, 0) is 18.3 Å². The van der Waals surface area contributed by atoms with Crippen molar-refractivity contribution in [3.63, 3.8) is 0 Å². The van der Waals surface area contributed by atoms with Crippen molar-refractivity contribution in [3.05, 3.63) is 77.6 Å². The molecule has 31 heavy (non-hydrogen) atoms. The number of rotatable bonds is 7. The van der Waals surface area contributed by atoms with Gasteiger partial charge in [-0.1, -0.05) is 48.5 Å². The van der Waals surface area contributed by atoms with Crippen molar-refractivity contribution in [2.24, 2.45) is 7.05 Å². The number of amides is 1. The number of hydrogen-bond donors (Lipinski definition) is 0. The monoisotopic (exact) mass is 418 g/mol. The van der Waals surface area contributed by atoms with E-state index in [0.29, 0.717) is 13.1 Å². The van der Waals surface area contributed by atoms with Gasteiger partial charge in [-0.25, -0.2) is 0 Å². The number of aryl methyl sites for hydroxylation is 2. The second-order valence-corrected chi connectivity index (χ2v) is 7.99. The summed E-state index contributed by atoms with van der Waals surface area (Å²) >= 11 is 0. The topological polar surface area (TPSA) is 50.6 Å². The van der Waals surface area contributed by atoms with Crippen LogP contribution in [-0.4, -0.2) is 64.9 Å². The summed E-state index contributed by atoms with van der Waals surface area (Å²) in [5, 5.41) is 4.46. The molecule has 0 bridgehead atoms. The molecule has 0 N–H and O–H groups in total. The van der Waals surface area contributed by atoms with Crippen LogP contribution in [0.2, 0.25) is 0 Å². The Kier molecular flexibility index (Phi) is 6.79. The van der Waals surface area contributed by atoms with E-state index in [1.165, 1.54) is 0 Å². The van der Waals surface area contributed by atoms with Crippen LogP contribution < -0.4 is 0 Å². The number of morpholine rings is 1. The van der Waals surface area contributed by atoms with Gasteiger partial charge in [-0.15, -0.1) is 0 Å². The quantitative estimate of drug-likeness (QED) is 0.590. The van der Waals surface area contributed by atoms with Crippen LogP contribution in [0, 0.1) is 6.92 Å². The molecule has 1 fully saturated rings. The van der Waals surface area contributed by atoms with Crippen molar-refractivity contribution in [3.8, 4) is 11.1 Å². The summed E-state index contributed by atoms with van der Waals surface area (Å²) in [6, 6.07) is 20.0. The van der Waals surface area contributed by atoms with Crippen molar-refractivity contribution in [2.75, 3.05) is 39.4 Å². The number of ether oxygens (including phenoxy) is 1. The number of nitrogens with zero attached hydrogens (tertiary/aromatic N) is 4. The molecule has 0 spiro atoms. The van der Waals surface area contributed by atoms with Gasteiger partial charge in [-0.05, 0) is 30.2 Å². The predicted octanol–water partition coefficient (Wildman–Crippen LogP) is 3.37. The van der Waals surface area contributed by atoms with Crippen LogP contribution in [0.15, 0.2) is 60.7 Å². The van der Waals surface area contributed by atoms with E-state index in [1.807, 2.05) is 66.0 Å². The molecule has 0 saturated carbocycles. The molecular weight excluding hydrogens is 388 g/mol. The highest BCUT2D eigenvalue weighted by Gasteiger charge is 2.22. The molecule has 0 aliphatic carbocycles. The molecule has 2 heterocycles. The third-order valence-corrected chi connectivity index (χ3v) is 5.77. The van der Waals surface area contributed by atoms with Gasteiger partial charge in [0.2, 0.25) is 0 Å². The highest BCUT2D eigenvalue weighted by molar-refractivity contribution is 6.00. The average Bonchev–Trinajstić information content (AvgIpc) is 3.13. The van der Waals surface area contributed by atoms with E-state index in [4.69, 9.17) is 4.74 Å². The lowest BCUT2D eigenvalue weighted by Gasteiger charge is -2.30. The van der Waals surface area contributed by atoms with Crippen molar-refractivity contribution in [1.82, 2.24) is 19.6 Å². The van der Waals surface area contributed by atoms with Gasteiger partial charge in [0.15, 0.2) is 0 Å². The standard InChI is InChI=1S/C25H30N4O2/c1-20-18-22(27(2)26-20)19-29(13-12-28-14-16-31-17-15-28)25(30)24-11-7-6-10-23(24)21-8-4-3-5-9-21/h3-11,18H,12-17,19H2,1-2H3. The minimum absolute atomic E-state index is 0.0477. The Morgan fingerprint density at radius 3 is 2.48 bits per heavy atom. The van der Waals surface area contributed by atoms with Crippen LogP contribution in [0.3, 0.4) is 0 Å². The Balaban J connectivity index is 1.61. The fraction of sp³-hybridized carbons (Fsp3) is 0.360. The zero-order chi connectivity index (χ0) is 21.6. The Labute approximate surface area is 184 Å². The minimum Gasteiger partial charge on any atom is -0.379 e. The molecule has 0 atom stereocenters. The second kappa shape index (κ2) is 9.90. The molecule has 1 aliphatic heterocycles. The number of carbonyl (C=O) groups is 1. The maximum atomic E-state index is 13.8. The smallest absolute Gasteiger partial charge is 0.254 e. The Morgan fingerprint density at radius 2 is 1.77 bits per heavy atom. The van der Waals surface area contributed by atoms with Crippen LogP contribution >= 0.6 is 0 Å². The lowest BCUT2D eigenvalue weighted by Crippen LogP contribution is -2.43. The first kappa shape index (κ1) is 21.3. The SMILES string of the molecule is Cc1cc(CN(CCN2CCOCC2)C(=O)c2ccccc2-c2ccccc2)n(C)n1. The first-order chi connectivity index (χ1) is 15.1. The fourth-order valence-corrected chi connectivity index (χ4v) is 4.06. The molecular formula is C25H30N4O2. The summed E-state index contributed by atoms with van der Waals surface area (Å²) in [5.41, 5.74) is 4.74. The van der Waals surface area contributed by atoms with Crippen molar-refractivity contribution in [2.45, 2.75) is 13.5 Å². The Bertz CT molecular complexity index is 1010. The molecule has 3 aromatic rings. The first-order valence-electron chi connectivity index (χ1n) is 10.8. The van der Waals surface area contributed by atoms with E-state index < -0.39 is 0 Å². The minimum atomic E-state index is 0.0477. The van der Waals surface area contributed by atoms with Gasteiger partial charge >= 0.3 is 0 Å². The van der Waals surface area contributed by atoms with Crippen LogP contribution in [0.1, 0.15) is 21.7 Å². The summed E-state index contributed by atoms with van der Waals surface area (Å²) in [5.74, 6) is 0.0477. The van der Waals surface area contributed by atoms with Gasteiger partial charge in [0, 0.05) is 38.8 Å². The summed E-state index contributed by atoms with van der Waals surface area (Å²) in [4.78, 5) is 18.1.